The van der Waals surface area contributed by atoms with Gasteiger partial charge in [0.2, 0.25) is 0 Å². The molecule has 0 aromatic heterocycles. The fourth-order valence-corrected chi connectivity index (χ4v) is 0.977. The molecular weight excluding hydrogens is 164 g/mol. The van der Waals surface area contributed by atoms with Gasteiger partial charge >= 0.3 is 0 Å². The standard InChI is InChI=1S/C11H15O2/c1-3-8-13-11-7-5-6-10(9-11)12-4-2/h5-6,9H,3-4,8H2,1-2H3. The zero-order chi connectivity index (χ0) is 9.52. The van der Waals surface area contributed by atoms with Crippen LogP contribution in [0.1, 0.15) is 20.3 Å². The van der Waals surface area contributed by atoms with E-state index in [-0.39, 0.29) is 0 Å². The fraction of sp³-hybridized carbons (Fsp3) is 0.455. The summed E-state index contributed by atoms with van der Waals surface area (Å²) >= 11 is 0. The lowest BCUT2D eigenvalue weighted by Gasteiger charge is -2.06. The third-order valence-electron chi connectivity index (χ3n) is 1.52. The van der Waals surface area contributed by atoms with Crippen molar-refractivity contribution in [3.05, 3.63) is 24.3 Å². The molecule has 1 aromatic carbocycles. The summed E-state index contributed by atoms with van der Waals surface area (Å²) in [4.78, 5) is 0. The molecule has 1 radical (unpaired) electrons. The molecule has 0 N–H and O–H groups in total. The maximum Gasteiger partial charge on any atom is 0.130 e. The second-order valence-corrected chi connectivity index (χ2v) is 2.67. The van der Waals surface area contributed by atoms with Crippen molar-refractivity contribution >= 4 is 0 Å². The van der Waals surface area contributed by atoms with Crippen molar-refractivity contribution in [1.82, 2.24) is 0 Å². The number of hydrogen-bond acceptors (Lipinski definition) is 2. The molecule has 2 nitrogen and oxygen atoms in total. The Kier molecular flexibility index (Phi) is 4.16. The molecule has 0 aliphatic carbocycles. The highest BCUT2D eigenvalue weighted by atomic mass is 16.5. The van der Waals surface area contributed by atoms with Crippen LogP contribution in [0.25, 0.3) is 0 Å². The van der Waals surface area contributed by atoms with E-state index in [1.807, 2.05) is 25.1 Å². The molecule has 2 heteroatoms. The van der Waals surface area contributed by atoms with Gasteiger partial charge in [-0.2, -0.15) is 0 Å². The summed E-state index contributed by atoms with van der Waals surface area (Å²) in [5.74, 6) is 1.60. The summed E-state index contributed by atoms with van der Waals surface area (Å²) in [5, 5.41) is 0. The summed E-state index contributed by atoms with van der Waals surface area (Å²) in [7, 11) is 0. The molecule has 0 aliphatic heterocycles. The predicted molar refractivity (Wildman–Crippen MR) is 52.2 cm³/mol. The molecule has 0 amide bonds. The lowest BCUT2D eigenvalue weighted by Crippen LogP contribution is -1.96. The number of hydrogen-bond donors (Lipinski definition) is 0. The van der Waals surface area contributed by atoms with Crippen LogP contribution in [0.4, 0.5) is 0 Å². The van der Waals surface area contributed by atoms with E-state index in [9.17, 15) is 0 Å². The molecule has 0 fully saturated rings. The van der Waals surface area contributed by atoms with Crippen LogP contribution in [-0.4, -0.2) is 13.2 Å². The average Bonchev–Trinajstić information content (AvgIpc) is 2.16. The van der Waals surface area contributed by atoms with Gasteiger partial charge in [-0.3, -0.25) is 0 Å². The lowest BCUT2D eigenvalue weighted by atomic mass is 10.3. The molecule has 0 bridgehead atoms. The number of ether oxygens (including phenoxy) is 2. The van der Waals surface area contributed by atoms with Gasteiger partial charge in [0, 0.05) is 12.1 Å². The SMILES string of the molecule is CCCOc1[c]ccc(OCC)c1. The monoisotopic (exact) mass is 179 g/mol. The molecule has 13 heavy (non-hydrogen) atoms. The molecule has 0 spiro atoms. The Balaban J connectivity index is 2.56. The van der Waals surface area contributed by atoms with Crippen LogP contribution in [0.2, 0.25) is 0 Å². The Morgan fingerprint density at radius 1 is 1.31 bits per heavy atom. The van der Waals surface area contributed by atoms with Crippen molar-refractivity contribution in [3.8, 4) is 11.5 Å². The molecule has 1 rings (SSSR count). The molecule has 0 saturated carbocycles. The first-order valence-corrected chi connectivity index (χ1v) is 4.64. The smallest absolute Gasteiger partial charge is 0.130 e. The summed E-state index contributed by atoms with van der Waals surface area (Å²) in [5.41, 5.74) is 0. The molecule has 0 saturated heterocycles. The van der Waals surface area contributed by atoms with Gasteiger partial charge in [-0.25, -0.2) is 0 Å². The maximum absolute atomic E-state index is 5.41. The van der Waals surface area contributed by atoms with Crippen molar-refractivity contribution < 1.29 is 9.47 Å². The Hall–Kier alpha value is -1.18. The summed E-state index contributed by atoms with van der Waals surface area (Å²) < 4.78 is 10.7. The summed E-state index contributed by atoms with van der Waals surface area (Å²) in [6, 6.07) is 8.55. The van der Waals surface area contributed by atoms with E-state index in [1.165, 1.54) is 0 Å². The largest absolute Gasteiger partial charge is 0.494 e. The minimum absolute atomic E-state index is 0.678. The van der Waals surface area contributed by atoms with Gasteiger partial charge < -0.3 is 9.47 Å². The Morgan fingerprint density at radius 3 is 2.85 bits per heavy atom. The maximum atomic E-state index is 5.41. The lowest BCUT2D eigenvalue weighted by molar-refractivity contribution is 0.308. The quantitative estimate of drug-likeness (QED) is 0.691. The van der Waals surface area contributed by atoms with Crippen LogP contribution in [0, 0.1) is 6.07 Å². The molecule has 0 unspecified atom stereocenters. The van der Waals surface area contributed by atoms with E-state index in [0.29, 0.717) is 6.61 Å². The van der Waals surface area contributed by atoms with Crippen molar-refractivity contribution in [1.29, 1.82) is 0 Å². The predicted octanol–water partition coefficient (Wildman–Crippen LogP) is 2.67. The Morgan fingerprint density at radius 2 is 2.15 bits per heavy atom. The second-order valence-electron chi connectivity index (χ2n) is 2.67. The highest BCUT2D eigenvalue weighted by Crippen LogP contribution is 2.18. The van der Waals surface area contributed by atoms with Gasteiger partial charge in [0.15, 0.2) is 0 Å². The van der Waals surface area contributed by atoms with Gasteiger partial charge in [0.1, 0.15) is 11.5 Å². The third-order valence-corrected chi connectivity index (χ3v) is 1.52. The van der Waals surface area contributed by atoms with Crippen LogP contribution in [0.3, 0.4) is 0 Å². The molecule has 0 heterocycles. The first-order chi connectivity index (χ1) is 6.36. The first-order valence-electron chi connectivity index (χ1n) is 4.64. The number of benzene rings is 1. The van der Waals surface area contributed by atoms with E-state index in [0.717, 1.165) is 24.5 Å². The van der Waals surface area contributed by atoms with Crippen molar-refractivity contribution in [2.24, 2.45) is 0 Å². The second kappa shape index (κ2) is 5.46. The first kappa shape index (κ1) is 9.90. The van der Waals surface area contributed by atoms with Crippen LogP contribution >= 0.6 is 0 Å². The fourth-order valence-electron chi connectivity index (χ4n) is 0.977. The molecular formula is C11H15O2. The zero-order valence-electron chi connectivity index (χ0n) is 8.17. The molecule has 0 atom stereocenters. The van der Waals surface area contributed by atoms with Gasteiger partial charge in [-0.05, 0) is 25.5 Å². The van der Waals surface area contributed by atoms with Gasteiger partial charge in [0.25, 0.3) is 0 Å². The van der Waals surface area contributed by atoms with Crippen LogP contribution in [0.5, 0.6) is 11.5 Å². The zero-order valence-corrected chi connectivity index (χ0v) is 8.17. The highest BCUT2D eigenvalue weighted by Gasteiger charge is 1.96. The van der Waals surface area contributed by atoms with Gasteiger partial charge in [0.05, 0.1) is 13.2 Å². The van der Waals surface area contributed by atoms with Gasteiger partial charge in [-0.15, -0.1) is 0 Å². The van der Waals surface area contributed by atoms with E-state index in [1.54, 1.807) is 0 Å². The summed E-state index contributed by atoms with van der Waals surface area (Å²) in [6.07, 6.45) is 1.01. The third kappa shape index (κ3) is 3.36. The normalized spacial score (nSPS) is 9.69. The van der Waals surface area contributed by atoms with Crippen molar-refractivity contribution in [2.45, 2.75) is 20.3 Å². The molecule has 1 aromatic rings. The van der Waals surface area contributed by atoms with E-state index in [2.05, 4.69) is 13.0 Å². The average molecular weight is 179 g/mol. The number of rotatable bonds is 5. The van der Waals surface area contributed by atoms with E-state index in [4.69, 9.17) is 9.47 Å². The minimum Gasteiger partial charge on any atom is -0.494 e. The van der Waals surface area contributed by atoms with Gasteiger partial charge in [-0.1, -0.05) is 6.92 Å². The minimum atomic E-state index is 0.678. The topological polar surface area (TPSA) is 18.5 Å². The van der Waals surface area contributed by atoms with E-state index >= 15 is 0 Å². The molecule has 71 valence electrons. The molecule has 0 aliphatic rings. The van der Waals surface area contributed by atoms with Crippen LogP contribution in [0.15, 0.2) is 18.2 Å². The van der Waals surface area contributed by atoms with E-state index < -0.39 is 0 Å². The Labute approximate surface area is 79.5 Å². The Bertz CT molecular complexity index is 246. The highest BCUT2D eigenvalue weighted by molar-refractivity contribution is 5.31. The summed E-state index contributed by atoms with van der Waals surface area (Å²) in [6.45, 7) is 5.44. The van der Waals surface area contributed by atoms with Crippen LogP contribution in [-0.2, 0) is 0 Å². The van der Waals surface area contributed by atoms with Crippen molar-refractivity contribution in [3.63, 3.8) is 0 Å². The van der Waals surface area contributed by atoms with Crippen molar-refractivity contribution in [2.75, 3.05) is 13.2 Å². The van der Waals surface area contributed by atoms with Crippen LogP contribution < -0.4 is 9.47 Å².